The molecule has 0 aromatic heterocycles. The molecule has 0 N–H and O–H groups in total. The van der Waals surface area contributed by atoms with Gasteiger partial charge in [0.1, 0.15) is 5.76 Å². The van der Waals surface area contributed by atoms with E-state index >= 15 is 0 Å². The molecular formula is C9H11ClO2S. The van der Waals surface area contributed by atoms with Gasteiger partial charge in [-0.1, -0.05) is 24.6 Å². The van der Waals surface area contributed by atoms with Gasteiger partial charge in [0.15, 0.2) is 0 Å². The minimum atomic E-state index is -1.30. The molecule has 0 aliphatic heterocycles. The predicted molar refractivity (Wildman–Crippen MR) is 55.5 cm³/mol. The largest absolute Gasteiger partial charge is 0.401 e. The van der Waals surface area contributed by atoms with Gasteiger partial charge in [0, 0.05) is 17.4 Å². The van der Waals surface area contributed by atoms with Crippen molar-refractivity contribution in [2.45, 2.75) is 6.92 Å². The van der Waals surface area contributed by atoms with Crippen molar-refractivity contribution in [1.82, 2.24) is 0 Å². The zero-order chi connectivity index (χ0) is 9.84. The van der Waals surface area contributed by atoms with Crippen molar-refractivity contribution in [1.29, 1.82) is 0 Å². The molecule has 0 fully saturated rings. The maximum Gasteiger partial charge on any atom is 0.203 e. The summed E-state index contributed by atoms with van der Waals surface area (Å²) < 4.78 is 15.8. The number of hydrogen-bond acceptors (Lipinski definition) is 2. The average molecular weight is 219 g/mol. The van der Waals surface area contributed by atoms with Gasteiger partial charge in [-0.25, -0.2) is 4.21 Å². The number of halogens is 1. The Labute approximate surface area is 85.6 Å². The first kappa shape index (κ1) is 10.5. The zero-order valence-corrected chi connectivity index (χ0v) is 9.06. The number of rotatable bonds is 2. The lowest BCUT2D eigenvalue weighted by Gasteiger charge is -2.02. The Morgan fingerprint density at radius 1 is 1.62 bits per heavy atom. The minimum absolute atomic E-state index is 0.242. The molecule has 13 heavy (non-hydrogen) atoms. The highest BCUT2D eigenvalue weighted by Crippen LogP contribution is 2.18. The van der Waals surface area contributed by atoms with Gasteiger partial charge in [0.2, 0.25) is 11.1 Å². The van der Waals surface area contributed by atoms with E-state index in [1.807, 2.05) is 19.1 Å². The molecule has 1 aliphatic carbocycles. The standard InChI is InChI=1S/C9H11ClO2S/c1-7-3-4-8(10)6-9(5-7)12-13(2)11/h3-7H,1-2H3. The lowest BCUT2D eigenvalue weighted by molar-refractivity contribution is 0.472. The fraction of sp³-hybridized carbons (Fsp3) is 0.333. The molecule has 2 unspecified atom stereocenters. The van der Waals surface area contributed by atoms with Crippen LogP contribution in [0.15, 0.2) is 35.1 Å². The summed E-state index contributed by atoms with van der Waals surface area (Å²) in [5, 5.41) is 0.584. The number of hydrogen-bond donors (Lipinski definition) is 0. The third kappa shape index (κ3) is 3.79. The van der Waals surface area contributed by atoms with Gasteiger partial charge in [0.05, 0.1) is 0 Å². The maximum atomic E-state index is 10.8. The van der Waals surface area contributed by atoms with Crippen LogP contribution < -0.4 is 0 Å². The first-order valence-corrected chi connectivity index (χ1v) is 5.73. The van der Waals surface area contributed by atoms with Crippen molar-refractivity contribution < 1.29 is 8.39 Å². The van der Waals surface area contributed by atoms with Crippen molar-refractivity contribution in [3.63, 3.8) is 0 Å². The van der Waals surface area contributed by atoms with Crippen LogP contribution in [-0.2, 0) is 15.3 Å². The van der Waals surface area contributed by atoms with E-state index in [0.29, 0.717) is 10.8 Å². The van der Waals surface area contributed by atoms with Crippen LogP contribution >= 0.6 is 11.6 Å². The minimum Gasteiger partial charge on any atom is -0.401 e. The van der Waals surface area contributed by atoms with Gasteiger partial charge in [-0.2, -0.15) is 0 Å². The predicted octanol–water partition coefficient (Wildman–Crippen LogP) is 2.51. The Balaban J connectivity index is 2.83. The Morgan fingerprint density at radius 2 is 2.31 bits per heavy atom. The third-order valence-electron chi connectivity index (χ3n) is 1.48. The quantitative estimate of drug-likeness (QED) is 0.712. The molecule has 0 aromatic rings. The van der Waals surface area contributed by atoms with Gasteiger partial charge in [0.25, 0.3) is 0 Å². The van der Waals surface area contributed by atoms with Crippen LogP contribution in [0.5, 0.6) is 0 Å². The molecular weight excluding hydrogens is 208 g/mol. The van der Waals surface area contributed by atoms with Crippen molar-refractivity contribution >= 4 is 22.7 Å². The van der Waals surface area contributed by atoms with E-state index in [4.69, 9.17) is 15.8 Å². The Hall–Kier alpha value is -0.540. The lowest BCUT2D eigenvalue weighted by Crippen LogP contribution is -1.94. The molecule has 4 heteroatoms. The summed E-state index contributed by atoms with van der Waals surface area (Å²) in [6.45, 7) is 2.00. The highest BCUT2D eigenvalue weighted by molar-refractivity contribution is 7.79. The van der Waals surface area contributed by atoms with Gasteiger partial charge < -0.3 is 4.18 Å². The van der Waals surface area contributed by atoms with Crippen LogP contribution in [0.4, 0.5) is 0 Å². The fourth-order valence-electron chi connectivity index (χ4n) is 0.978. The molecule has 0 bridgehead atoms. The molecule has 0 spiro atoms. The highest BCUT2D eigenvalue weighted by atomic mass is 35.5. The molecule has 2 atom stereocenters. The van der Waals surface area contributed by atoms with Crippen molar-refractivity contribution in [2.24, 2.45) is 5.92 Å². The second kappa shape index (κ2) is 4.63. The molecule has 0 saturated heterocycles. The first-order valence-electron chi connectivity index (χ1n) is 3.87. The Kier molecular flexibility index (Phi) is 3.75. The van der Waals surface area contributed by atoms with E-state index in [-0.39, 0.29) is 5.92 Å². The summed E-state index contributed by atoms with van der Waals surface area (Å²) in [6, 6.07) is 0. The monoisotopic (exact) mass is 218 g/mol. The van der Waals surface area contributed by atoms with E-state index in [2.05, 4.69) is 0 Å². The fourth-order valence-corrected chi connectivity index (χ4v) is 1.53. The van der Waals surface area contributed by atoms with Gasteiger partial charge in [-0.15, -0.1) is 0 Å². The van der Waals surface area contributed by atoms with Crippen molar-refractivity contribution in [3.8, 4) is 0 Å². The van der Waals surface area contributed by atoms with Crippen molar-refractivity contribution in [3.05, 3.63) is 35.1 Å². The normalized spacial score (nSPS) is 24.4. The molecule has 1 aliphatic rings. The molecule has 72 valence electrons. The van der Waals surface area contributed by atoms with Crippen LogP contribution in [0.3, 0.4) is 0 Å². The Bertz CT molecular complexity index is 305. The van der Waals surface area contributed by atoms with E-state index in [1.54, 1.807) is 12.2 Å². The second-order valence-electron chi connectivity index (χ2n) is 2.80. The Morgan fingerprint density at radius 3 is 2.92 bits per heavy atom. The smallest absolute Gasteiger partial charge is 0.203 e. The maximum absolute atomic E-state index is 10.8. The molecule has 0 amide bonds. The van der Waals surface area contributed by atoms with E-state index in [1.165, 1.54) is 6.26 Å². The molecule has 0 radical (unpaired) electrons. The number of allylic oxidation sites excluding steroid dienone is 5. The summed E-state index contributed by atoms with van der Waals surface area (Å²) in [5.74, 6) is 0.800. The second-order valence-corrected chi connectivity index (χ2v) is 4.21. The zero-order valence-electron chi connectivity index (χ0n) is 7.49. The van der Waals surface area contributed by atoms with Crippen LogP contribution in [0.25, 0.3) is 0 Å². The summed E-state index contributed by atoms with van der Waals surface area (Å²) in [6.07, 6.45) is 8.76. The SMILES string of the molecule is CC1C=CC(Cl)=CC(OS(C)=O)=C1. The summed E-state index contributed by atoms with van der Waals surface area (Å²) in [4.78, 5) is 0. The van der Waals surface area contributed by atoms with Crippen LogP contribution in [0.2, 0.25) is 0 Å². The van der Waals surface area contributed by atoms with Crippen LogP contribution in [0.1, 0.15) is 6.92 Å². The highest BCUT2D eigenvalue weighted by Gasteiger charge is 2.05. The molecule has 2 nitrogen and oxygen atoms in total. The van der Waals surface area contributed by atoms with Gasteiger partial charge >= 0.3 is 0 Å². The van der Waals surface area contributed by atoms with Crippen LogP contribution in [-0.4, -0.2) is 10.5 Å². The summed E-state index contributed by atoms with van der Waals surface area (Å²) in [7, 11) is 0. The first-order chi connectivity index (χ1) is 6.08. The molecule has 0 saturated carbocycles. The molecule has 0 heterocycles. The lowest BCUT2D eigenvalue weighted by atomic mass is 10.1. The van der Waals surface area contributed by atoms with Crippen LogP contribution in [0, 0.1) is 5.92 Å². The topological polar surface area (TPSA) is 26.3 Å². The third-order valence-corrected chi connectivity index (χ3v) is 2.14. The van der Waals surface area contributed by atoms with E-state index < -0.39 is 11.1 Å². The summed E-state index contributed by atoms with van der Waals surface area (Å²) >= 11 is 4.52. The van der Waals surface area contributed by atoms with Crippen molar-refractivity contribution in [2.75, 3.05) is 6.26 Å². The average Bonchev–Trinajstić information content (AvgIpc) is 2.11. The van der Waals surface area contributed by atoms with E-state index in [9.17, 15) is 4.21 Å². The van der Waals surface area contributed by atoms with Gasteiger partial charge in [-0.05, 0) is 18.1 Å². The summed E-state index contributed by atoms with van der Waals surface area (Å²) in [5.41, 5.74) is 0. The molecule has 1 rings (SSSR count). The van der Waals surface area contributed by atoms with E-state index in [0.717, 1.165) is 0 Å². The van der Waals surface area contributed by atoms with Gasteiger partial charge in [-0.3, -0.25) is 0 Å². The molecule has 0 aromatic carbocycles.